The average Bonchev–Trinajstić information content (AvgIpc) is 2.60. The molecule has 0 bridgehead atoms. The summed E-state index contributed by atoms with van der Waals surface area (Å²) in [6.07, 6.45) is 1.08. The first-order chi connectivity index (χ1) is 12.3. The summed E-state index contributed by atoms with van der Waals surface area (Å²) in [5.41, 5.74) is 0.264. The van der Waals surface area contributed by atoms with Gasteiger partial charge in [0.2, 0.25) is 0 Å². The molecule has 1 N–H and O–H groups in total. The highest BCUT2D eigenvalue weighted by atomic mass is 32.2. The van der Waals surface area contributed by atoms with Crippen molar-refractivity contribution in [2.24, 2.45) is 0 Å². The van der Waals surface area contributed by atoms with E-state index in [1.54, 1.807) is 24.3 Å². The Kier molecular flexibility index (Phi) is 4.52. The number of nitrogens with one attached hydrogen (secondary N) is 1. The summed E-state index contributed by atoms with van der Waals surface area (Å²) in [5, 5.41) is 0. The van der Waals surface area contributed by atoms with Crippen molar-refractivity contribution in [2.45, 2.75) is 4.90 Å². The molecule has 0 saturated heterocycles. The van der Waals surface area contributed by atoms with Crippen LogP contribution in [-0.4, -0.2) is 31.3 Å². The Morgan fingerprint density at radius 3 is 2.31 bits per heavy atom. The van der Waals surface area contributed by atoms with Crippen LogP contribution in [0, 0.1) is 0 Å². The largest absolute Gasteiger partial charge is 0.495 e. The second-order valence-electron chi connectivity index (χ2n) is 5.63. The molecule has 0 aliphatic carbocycles. The van der Waals surface area contributed by atoms with Crippen molar-refractivity contribution in [2.75, 3.05) is 13.4 Å². The van der Waals surface area contributed by atoms with Crippen molar-refractivity contribution in [1.29, 1.82) is 0 Å². The zero-order valence-electron chi connectivity index (χ0n) is 14.1. The summed E-state index contributed by atoms with van der Waals surface area (Å²) in [6.45, 7) is 0. The second-order valence-corrected chi connectivity index (χ2v) is 7.62. The fourth-order valence-corrected chi connectivity index (χ4v) is 3.50. The molecule has 0 aliphatic heterocycles. The summed E-state index contributed by atoms with van der Waals surface area (Å²) in [6, 6.07) is 14.6. The number of ether oxygens (including phenoxy) is 1. The molecule has 2 aromatic carbocycles. The molecule has 26 heavy (non-hydrogen) atoms. The lowest BCUT2D eigenvalue weighted by atomic mass is 10.1. The number of hydrogen-bond acceptors (Lipinski definition) is 5. The number of H-pyrrole nitrogens is 1. The first-order valence-corrected chi connectivity index (χ1v) is 9.50. The summed E-state index contributed by atoms with van der Waals surface area (Å²) in [7, 11) is -2.15. The summed E-state index contributed by atoms with van der Waals surface area (Å²) in [5.74, 6) is 0.113. The molecule has 134 valence electrons. The topological polar surface area (TPSA) is 98.2 Å². The Morgan fingerprint density at radius 2 is 1.69 bits per heavy atom. The van der Waals surface area contributed by atoms with Crippen molar-refractivity contribution < 1.29 is 13.2 Å². The third-order valence-corrected chi connectivity index (χ3v) is 4.95. The lowest BCUT2D eigenvalue weighted by molar-refractivity contribution is 0.402. The molecule has 3 rings (SSSR count). The van der Waals surface area contributed by atoms with Crippen LogP contribution >= 0.6 is 0 Å². The van der Waals surface area contributed by atoms with Crippen LogP contribution in [0.5, 0.6) is 5.75 Å². The molecule has 0 radical (unpaired) electrons. The van der Waals surface area contributed by atoms with E-state index in [1.165, 1.54) is 35.9 Å². The predicted octanol–water partition coefficient (Wildman–Crippen LogP) is 1.60. The van der Waals surface area contributed by atoms with E-state index < -0.39 is 21.1 Å². The number of hydrogen-bond donors (Lipinski definition) is 1. The first-order valence-electron chi connectivity index (χ1n) is 7.61. The van der Waals surface area contributed by atoms with Gasteiger partial charge >= 0.3 is 5.69 Å². The molecule has 0 fully saturated rings. The minimum Gasteiger partial charge on any atom is -0.495 e. The van der Waals surface area contributed by atoms with Crippen molar-refractivity contribution in [3.8, 4) is 22.7 Å². The van der Waals surface area contributed by atoms with Gasteiger partial charge in [0, 0.05) is 18.4 Å². The Balaban J connectivity index is 2.32. The zero-order chi connectivity index (χ0) is 18.9. The van der Waals surface area contributed by atoms with Crippen molar-refractivity contribution in [3.63, 3.8) is 0 Å². The number of aromatic nitrogens is 2. The van der Waals surface area contributed by atoms with E-state index in [0.29, 0.717) is 16.9 Å². The van der Waals surface area contributed by atoms with Crippen LogP contribution in [0.1, 0.15) is 0 Å². The smallest absolute Gasteiger partial charge is 0.333 e. The Bertz CT molecular complexity index is 1180. The number of nitrogens with zero attached hydrogens (tertiary/aromatic N) is 1. The number of sulfone groups is 1. The molecule has 0 atom stereocenters. The van der Waals surface area contributed by atoms with Gasteiger partial charge < -0.3 is 4.74 Å². The van der Waals surface area contributed by atoms with Crippen molar-refractivity contribution in [3.05, 3.63) is 75.4 Å². The highest BCUT2D eigenvalue weighted by Crippen LogP contribution is 2.28. The van der Waals surface area contributed by atoms with Gasteiger partial charge in [-0.15, -0.1) is 0 Å². The highest BCUT2D eigenvalue weighted by molar-refractivity contribution is 7.90. The van der Waals surface area contributed by atoms with E-state index in [4.69, 9.17) is 4.74 Å². The van der Waals surface area contributed by atoms with E-state index >= 15 is 0 Å². The monoisotopic (exact) mass is 372 g/mol. The van der Waals surface area contributed by atoms with Crippen LogP contribution in [-0.2, 0) is 9.84 Å². The van der Waals surface area contributed by atoms with Gasteiger partial charge in [0.25, 0.3) is 5.56 Å². The van der Waals surface area contributed by atoms with Crippen LogP contribution in [0.4, 0.5) is 0 Å². The quantitative estimate of drug-likeness (QED) is 0.750. The summed E-state index contributed by atoms with van der Waals surface area (Å²) < 4.78 is 30.2. The highest BCUT2D eigenvalue weighted by Gasteiger charge is 2.17. The van der Waals surface area contributed by atoms with Crippen LogP contribution in [0.2, 0.25) is 0 Å². The molecule has 0 unspecified atom stereocenters. The van der Waals surface area contributed by atoms with E-state index in [2.05, 4.69) is 4.98 Å². The van der Waals surface area contributed by atoms with Gasteiger partial charge in [0.1, 0.15) is 10.6 Å². The second kappa shape index (κ2) is 6.64. The van der Waals surface area contributed by atoms with Gasteiger partial charge in [-0.25, -0.2) is 13.2 Å². The normalized spacial score (nSPS) is 11.3. The third-order valence-electron chi connectivity index (χ3n) is 3.82. The Morgan fingerprint density at radius 1 is 1.00 bits per heavy atom. The molecule has 8 heteroatoms. The van der Waals surface area contributed by atoms with Crippen LogP contribution in [0.25, 0.3) is 16.9 Å². The fourth-order valence-electron chi connectivity index (χ4n) is 2.67. The molecule has 7 nitrogen and oxygen atoms in total. The van der Waals surface area contributed by atoms with Crippen LogP contribution < -0.4 is 16.0 Å². The standard InChI is InChI=1S/C18H16N2O5S/c1-25-15-10-13(8-9-16(15)26(2,23)24)20-14(11-17(21)19-18(20)22)12-6-4-3-5-7-12/h3-11H,1-2H3,(H,19,21,22). The lowest BCUT2D eigenvalue weighted by Crippen LogP contribution is -2.29. The van der Waals surface area contributed by atoms with Gasteiger partial charge in [0.05, 0.1) is 18.5 Å². The van der Waals surface area contributed by atoms with E-state index in [0.717, 1.165) is 6.26 Å². The average molecular weight is 372 g/mol. The maximum absolute atomic E-state index is 12.5. The summed E-state index contributed by atoms with van der Waals surface area (Å²) >= 11 is 0. The minimum atomic E-state index is -3.49. The molecule has 1 aromatic heterocycles. The minimum absolute atomic E-state index is 0.0162. The molecule has 3 aromatic rings. The zero-order valence-corrected chi connectivity index (χ0v) is 14.9. The molecule has 1 heterocycles. The number of rotatable bonds is 4. The molecular weight excluding hydrogens is 356 g/mol. The number of benzene rings is 2. The Hall–Kier alpha value is -3.13. The van der Waals surface area contributed by atoms with Gasteiger partial charge in [-0.3, -0.25) is 14.3 Å². The maximum atomic E-state index is 12.5. The van der Waals surface area contributed by atoms with E-state index in [-0.39, 0.29) is 10.6 Å². The lowest BCUT2D eigenvalue weighted by Gasteiger charge is -2.14. The summed E-state index contributed by atoms with van der Waals surface area (Å²) in [4.78, 5) is 26.5. The van der Waals surface area contributed by atoms with Crippen molar-refractivity contribution in [1.82, 2.24) is 9.55 Å². The van der Waals surface area contributed by atoms with E-state index in [9.17, 15) is 18.0 Å². The van der Waals surface area contributed by atoms with Gasteiger partial charge in [-0.05, 0) is 17.7 Å². The molecule has 0 saturated carbocycles. The molecule has 0 spiro atoms. The number of methoxy groups -OCH3 is 1. The molecule has 0 amide bonds. The van der Waals surface area contributed by atoms with E-state index in [1.807, 2.05) is 6.07 Å². The van der Waals surface area contributed by atoms with Gasteiger partial charge in [0.15, 0.2) is 9.84 Å². The molecular formula is C18H16N2O5S. The molecule has 0 aliphatic rings. The predicted molar refractivity (Wildman–Crippen MR) is 97.8 cm³/mol. The first kappa shape index (κ1) is 17.7. The third kappa shape index (κ3) is 3.31. The Labute approximate surface area is 149 Å². The maximum Gasteiger partial charge on any atom is 0.333 e. The van der Waals surface area contributed by atoms with Gasteiger partial charge in [-0.1, -0.05) is 30.3 Å². The fraction of sp³-hybridized carbons (Fsp3) is 0.111. The SMILES string of the molecule is COc1cc(-n2c(-c3ccccc3)cc(=O)[nH]c2=O)ccc1S(C)(=O)=O. The van der Waals surface area contributed by atoms with Crippen molar-refractivity contribution >= 4 is 9.84 Å². The van der Waals surface area contributed by atoms with Crippen LogP contribution in [0.3, 0.4) is 0 Å². The number of aromatic amines is 1. The van der Waals surface area contributed by atoms with Crippen LogP contribution in [0.15, 0.2) is 69.1 Å². The van der Waals surface area contributed by atoms with Gasteiger partial charge in [-0.2, -0.15) is 0 Å².